The molecule has 6 nitrogen and oxygen atoms in total. The molecule has 0 amide bonds. The van der Waals surface area contributed by atoms with Crippen molar-refractivity contribution in [1.29, 1.82) is 0 Å². The zero-order valence-electron chi connectivity index (χ0n) is 16.0. The van der Waals surface area contributed by atoms with Crippen molar-refractivity contribution in [3.8, 4) is 5.75 Å². The highest BCUT2D eigenvalue weighted by Gasteiger charge is 2.33. The van der Waals surface area contributed by atoms with Crippen LogP contribution < -0.4 is 4.74 Å². The van der Waals surface area contributed by atoms with Gasteiger partial charge in [-0.3, -0.25) is 4.79 Å². The number of carbonyl (C=O) groups excluding carboxylic acids is 1. The smallest absolute Gasteiger partial charge is 0.433 e. The molecule has 0 spiro atoms. The second-order valence-corrected chi connectivity index (χ2v) is 6.24. The summed E-state index contributed by atoms with van der Waals surface area (Å²) >= 11 is 0. The standard InChI is InChI=1S/C20H20F3N3O3/c1-3-28-12-14-11-26-10-13(17(29-4-2)9-19(26)24-14)8-16(27)15-6-5-7-18(25-15)20(21,22)23/h5-7,9-11H,3-4,8,12H2,1-2H3. The van der Waals surface area contributed by atoms with Crippen molar-refractivity contribution in [2.24, 2.45) is 0 Å². The van der Waals surface area contributed by atoms with E-state index in [1.54, 1.807) is 29.8 Å². The molecule has 0 atom stereocenters. The van der Waals surface area contributed by atoms with Gasteiger partial charge in [0.25, 0.3) is 0 Å². The number of nitrogens with zero attached hydrogens (tertiary/aromatic N) is 3. The largest absolute Gasteiger partial charge is 0.493 e. The van der Waals surface area contributed by atoms with E-state index in [9.17, 15) is 18.0 Å². The minimum absolute atomic E-state index is 0.154. The van der Waals surface area contributed by atoms with Gasteiger partial charge < -0.3 is 13.9 Å². The van der Waals surface area contributed by atoms with Gasteiger partial charge in [0.2, 0.25) is 0 Å². The molecule has 0 aliphatic heterocycles. The highest BCUT2D eigenvalue weighted by Crippen LogP contribution is 2.28. The molecular formula is C20H20F3N3O3. The van der Waals surface area contributed by atoms with Crippen molar-refractivity contribution in [2.75, 3.05) is 13.2 Å². The number of carbonyl (C=O) groups is 1. The van der Waals surface area contributed by atoms with Crippen LogP contribution in [0.5, 0.6) is 5.75 Å². The number of alkyl halides is 3. The summed E-state index contributed by atoms with van der Waals surface area (Å²) in [6.45, 7) is 4.96. The van der Waals surface area contributed by atoms with Crippen LogP contribution in [0.4, 0.5) is 13.2 Å². The number of ether oxygens (including phenoxy) is 2. The van der Waals surface area contributed by atoms with E-state index >= 15 is 0 Å². The fourth-order valence-corrected chi connectivity index (χ4v) is 2.82. The predicted octanol–water partition coefficient (Wildman–Crippen LogP) is 4.11. The van der Waals surface area contributed by atoms with Gasteiger partial charge in [-0.2, -0.15) is 13.2 Å². The van der Waals surface area contributed by atoms with Gasteiger partial charge in [0.1, 0.15) is 22.8 Å². The molecule has 0 bridgehead atoms. The van der Waals surface area contributed by atoms with Crippen LogP contribution in [0.1, 0.15) is 41.3 Å². The Hall–Kier alpha value is -2.94. The summed E-state index contributed by atoms with van der Waals surface area (Å²) in [5.41, 5.74) is 0.529. The third kappa shape index (κ3) is 4.92. The number of rotatable bonds is 8. The van der Waals surface area contributed by atoms with E-state index in [0.717, 1.165) is 11.8 Å². The molecule has 3 rings (SSSR count). The summed E-state index contributed by atoms with van der Waals surface area (Å²) in [5.74, 6) is -0.0834. The minimum atomic E-state index is -4.61. The third-order valence-corrected chi connectivity index (χ3v) is 4.11. The van der Waals surface area contributed by atoms with Crippen molar-refractivity contribution in [3.05, 3.63) is 59.3 Å². The van der Waals surface area contributed by atoms with Crippen LogP contribution in [-0.2, 0) is 23.9 Å². The van der Waals surface area contributed by atoms with E-state index in [4.69, 9.17) is 9.47 Å². The lowest BCUT2D eigenvalue weighted by atomic mass is 10.1. The van der Waals surface area contributed by atoms with E-state index in [0.29, 0.717) is 36.8 Å². The van der Waals surface area contributed by atoms with Crippen LogP contribution in [0, 0.1) is 0 Å². The van der Waals surface area contributed by atoms with E-state index in [1.807, 2.05) is 6.92 Å². The number of fused-ring (bicyclic) bond motifs is 1. The number of hydrogen-bond acceptors (Lipinski definition) is 5. The van der Waals surface area contributed by atoms with Gasteiger partial charge in [-0.05, 0) is 26.0 Å². The quantitative estimate of drug-likeness (QED) is 0.526. The Balaban J connectivity index is 1.91. The first-order chi connectivity index (χ1) is 13.8. The third-order valence-electron chi connectivity index (χ3n) is 4.11. The molecule has 0 aliphatic rings. The Morgan fingerprint density at radius 2 is 1.93 bits per heavy atom. The topological polar surface area (TPSA) is 65.7 Å². The molecule has 0 aliphatic carbocycles. The Morgan fingerprint density at radius 3 is 2.62 bits per heavy atom. The van der Waals surface area contributed by atoms with Gasteiger partial charge in [-0.25, -0.2) is 9.97 Å². The fourth-order valence-electron chi connectivity index (χ4n) is 2.82. The molecule has 0 N–H and O–H groups in total. The number of ketones is 1. The maximum atomic E-state index is 12.9. The fraction of sp³-hybridized carbons (Fsp3) is 0.350. The van der Waals surface area contributed by atoms with Gasteiger partial charge in [-0.15, -0.1) is 0 Å². The lowest BCUT2D eigenvalue weighted by Gasteiger charge is -2.11. The number of pyridine rings is 2. The van der Waals surface area contributed by atoms with Crippen LogP contribution >= 0.6 is 0 Å². The maximum Gasteiger partial charge on any atom is 0.433 e. The molecule has 29 heavy (non-hydrogen) atoms. The van der Waals surface area contributed by atoms with Gasteiger partial charge in [0.15, 0.2) is 5.78 Å². The van der Waals surface area contributed by atoms with E-state index < -0.39 is 17.7 Å². The summed E-state index contributed by atoms with van der Waals surface area (Å²) in [4.78, 5) is 20.5. The van der Waals surface area contributed by atoms with Crippen LogP contribution in [-0.4, -0.2) is 33.4 Å². The average Bonchev–Trinajstić information content (AvgIpc) is 3.07. The Kier molecular flexibility index (Phi) is 6.17. The van der Waals surface area contributed by atoms with Gasteiger partial charge >= 0.3 is 6.18 Å². The van der Waals surface area contributed by atoms with Crippen molar-refractivity contribution in [1.82, 2.24) is 14.4 Å². The first-order valence-corrected chi connectivity index (χ1v) is 9.10. The van der Waals surface area contributed by atoms with Crippen LogP contribution in [0.15, 0.2) is 36.7 Å². The highest BCUT2D eigenvalue weighted by atomic mass is 19.4. The molecule has 0 fully saturated rings. The predicted molar refractivity (Wildman–Crippen MR) is 99.0 cm³/mol. The monoisotopic (exact) mass is 407 g/mol. The van der Waals surface area contributed by atoms with Crippen LogP contribution in [0.2, 0.25) is 0 Å². The SMILES string of the molecule is CCOCc1cn2cc(CC(=O)c3cccc(C(F)(F)F)n3)c(OCC)cc2n1. The highest BCUT2D eigenvalue weighted by molar-refractivity contribution is 5.96. The molecule has 3 aromatic heterocycles. The average molecular weight is 407 g/mol. The lowest BCUT2D eigenvalue weighted by molar-refractivity contribution is -0.141. The van der Waals surface area contributed by atoms with Crippen LogP contribution in [0.25, 0.3) is 5.65 Å². The lowest BCUT2D eigenvalue weighted by Crippen LogP contribution is -2.13. The molecule has 3 aromatic rings. The van der Waals surface area contributed by atoms with E-state index in [1.165, 1.54) is 12.1 Å². The van der Waals surface area contributed by atoms with Crippen molar-refractivity contribution in [2.45, 2.75) is 33.1 Å². The minimum Gasteiger partial charge on any atom is -0.493 e. The normalized spacial score (nSPS) is 11.8. The summed E-state index contributed by atoms with van der Waals surface area (Å²) in [6, 6.07) is 4.97. The molecule has 0 saturated heterocycles. The zero-order chi connectivity index (χ0) is 21.0. The summed E-state index contributed by atoms with van der Waals surface area (Å²) in [7, 11) is 0. The van der Waals surface area contributed by atoms with Gasteiger partial charge in [-0.1, -0.05) is 6.07 Å². The maximum absolute atomic E-state index is 12.9. The van der Waals surface area contributed by atoms with Crippen molar-refractivity contribution < 1.29 is 27.4 Å². The molecule has 3 heterocycles. The molecule has 0 unspecified atom stereocenters. The van der Waals surface area contributed by atoms with E-state index in [-0.39, 0.29) is 12.1 Å². The van der Waals surface area contributed by atoms with Crippen LogP contribution in [0.3, 0.4) is 0 Å². The number of hydrogen-bond donors (Lipinski definition) is 0. The number of aromatic nitrogens is 3. The first kappa shape index (κ1) is 20.8. The zero-order valence-corrected chi connectivity index (χ0v) is 16.0. The Bertz CT molecular complexity index is 1020. The van der Waals surface area contributed by atoms with E-state index in [2.05, 4.69) is 9.97 Å². The second-order valence-electron chi connectivity index (χ2n) is 6.24. The Morgan fingerprint density at radius 1 is 1.14 bits per heavy atom. The molecule has 0 aromatic carbocycles. The molecule has 0 saturated carbocycles. The number of imidazole rings is 1. The first-order valence-electron chi connectivity index (χ1n) is 9.10. The molecular weight excluding hydrogens is 387 g/mol. The summed E-state index contributed by atoms with van der Waals surface area (Å²) < 4.78 is 51.3. The Labute approximate surface area is 165 Å². The van der Waals surface area contributed by atoms with Gasteiger partial charge in [0, 0.05) is 37.1 Å². The molecule has 154 valence electrons. The molecule has 9 heteroatoms. The van der Waals surface area contributed by atoms with Crippen molar-refractivity contribution >= 4 is 11.4 Å². The van der Waals surface area contributed by atoms with Gasteiger partial charge in [0.05, 0.1) is 18.9 Å². The van der Waals surface area contributed by atoms with Crippen molar-refractivity contribution in [3.63, 3.8) is 0 Å². The molecule has 0 radical (unpaired) electrons. The number of halogens is 3. The summed E-state index contributed by atoms with van der Waals surface area (Å²) in [5, 5.41) is 0. The summed E-state index contributed by atoms with van der Waals surface area (Å²) in [6.07, 6.45) is -1.30. The number of Topliss-reactive ketones (excluding diaryl/α,β-unsaturated/α-hetero) is 1. The second kappa shape index (κ2) is 8.60.